The number of thiazole rings is 1. The Morgan fingerprint density at radius 3 is 2.86 bits per heavy atom. The number of amides is 1. The Morgan fingerprint density at radius 1 is 1.52 bits per heavy atom. The van der Waals surface area contributed by atoms with E-state index in [0.717, 1.165) is 5.69 Å². The molecule has 1 aromatic carbocycles. The van der Waals surface area contributed by atoms with Gasteiger partial charge < -0.3 is 5.11 Å². The maximum atomic E-state index is 13.1. The van der Waals surface area contributed by atoms with Crippen LogP contribution >= 0.6 is 11.3 Å². The highest BCUT2D eigenvalue weighted by Gasteiger charge is 2.21. The van der Waals surface area contributed by atoms with Crippen LogP contribution in [0.5, 0.6) is 0 Å². The van der Waals surface area contributed by atoms with E-state index < -0.39 is 11.9 Å². The van der Waals surface area contributed by atoms with Crippen molar-refractivity contribution >= 4 is 22.4 Å². The molecule has 0 aliphatic carbocycles. The Bertz CT molecular complexity index is 630. The van der Waals surface area contributed by atoms with Crippen LogP contribution in [0.1, 0.15) is 30.7 Å². The van der Waals surface area contributed by atoms with Crippen LogP contribution < -0.4 is 4.90 Å². The van der Waals surface area contributed by atoms with Crippen molar-refractivity contribution in [3.05, 3.63) is 46.7 Å². The smallest absolute Gasteiger partial charge is 0.231 e. The number of aliphatic hydroxyl groups excluding tert-OH is 1. The Kier molecular flexibility index (Phi) is 5.03. The fourth-order valence-electron chi connectivity index (χ4n) is 1.99. The number of hydrogen-bond donors (Lipinski definition) is 1. The third kappa shape index (κ3) is 3.86. The van der Waals surface area contributed by atoms with Gasteiger partial charge in [-0.25, -0.2) is 9.37 Å². The molecule has 0 aliphatic rings. The van der Waals surface area contributed by atoms with E-state index in [4.69, 9.17) is 0 Å². The average Bonchev–Trinajstić information content (AvgIpc) is 2.86. The minimum absolute atomic E-state index is 0.101. The van der Waals surface area contributed by atoms with E-state index >= 15 is 0 Å². The molecule has 1 N–H and O–H groups in total. The summed E-state index contributed by atoms with van der Waals surface area (Å²) < 4.78 is 13.1. The summed E-state index contributed by atoms with van der Waals surface area (Å²) in [6.07, 6.45) is -1.13. The number of benzene rings is 1. The highest BCUT2D eigenvalue weighted by Crippen LogP contribution is 2.24. The highest BCUT2D eigenvalue weighted by atomic mass is 32.1. The van der Waals surface area contributed by atoms with Gasteiger partial charge in [-0.2, -0.15) is 0 Å². The molecule has 1 unspecified atom stereocenters. The first-order chi connectivity index (χ1) is 10.0. The monoisotopic (exact) mass is 308 g/mol. The van der Waals surface area contributed by atoms with Gasteiger partial charge in [-0.05, 0) is 31.5 Å². The van der Waals surface area contributed by atoms with Crippen molar-refractivity contribution in [2.45, 2.75) is 26.4 Å². The van der Waals surface area contributed by atoms with E-state index in [-0.39, 0.29) is 12.3 Å². The Morgan fingerprint density at radius 2 is 2.29 bits per heavy atom. The van der Waals surface area contributed by atoms with Crippen molar-refractivity contribution in [3.8, 4) is 0 Å². The van der Waals surface area contributed by atoms with Crippen LogP contribution in [0.4, 0.5) is 9.52 Å². The molecule has 1 atom stereocenters. The number of anilines is 1. The molecule has 0 bridgehead atoms. The number of aryl methyl sites for hydroxylation is 1. The zero-order valence-electron chi connectivity index (χ0n) is 11.9. The number of rotatable bonds is 5. The molecule has 21 heavy (non-hydrogen) atoms. The second kappa shape index (κ2) is 6.78. The molecule has 0 saturated carbocycles. The molecule has 1 amide bonds. The molecule has 2 rings (SSSR count). The summed E-state index contributed by atoms with van der Waals surface area (Å²) >= 11 is 1.39. The second-order valence-corrected chi connectivity index (χ2v) is 5.52. The second-order valence-electron chi connectivity index (χ2n) is 4.68. The molecule has 6 heteroatoms. The average molecular weight is 308 g/mol. The van der Waals surface area contributed by atoms with E-state index in [1.54, 1.807) is 6.07 Å². The standard InChI is InChI=1S/C15H17FN2O2S/c1-3-18(15-17-10(2)9-21-15)14(20)8-13(19)11-5-4-6-12(16)7-11/h4-7,9,13,19H,3,8H2,1-2H3. The van der Waals surface area contributed by atoms with E-state index in [1.807, 2.05) is 19.2 Å². The van der Waals surface area contributed by atoms with E-state index in [0.29, 0.717) is 17.2 Å². The molecule has 0 saturated heterocycles. The van der Waals surface area contributed by atoms with Crippen molar-refractivity contribution in [3.63, 3.8) is 0 Å². The lowest BCUT2D eigenvalue weighted by atomic mass is 10.1. The van der Waals surface area contributed by atoms with Gasteiger partial charge in [0.05, 0.1) is 18.2 Å². The third-order valence-corrected chi connectivity index (χ3v) is 4.04. The lowest BCUT2D eigenvalue weighted by Crippen LogP contribution is -2.31. The van der Waals surface area contributed by atoms with Crippen molar-refractivity contribution < 1.29 is 14.3 Å². The van der Waals surface area contributed by atoms with Gasteiger partial charge in [0.25, 0.3) is 0 Å². The van der Waals surface area contributed by atoms with Gasteiger partial charge >= 0.3 is 0 Å². The minimum Gasteiger partial charge on any atom is -0.388 e. The van der Waals surface area contributed by atoms with Crippen LogP contribution in [-0.4, -0.2) is 22.5 Å². The predicted octanol–water partition coefficient (Wildman–Crippen LogP) is 3.07. The van der Waals surface area contributed by atoms with Gasteiger partial charge in [0.15, 0.2) is 5.13 Å². The Balaban J connectivity index is 2.09. The summed E-state index contributed by atoms with van der Waals surface area (Å²) in [5.74, 6) is -0.662. The fraction of sp³-hybridized carbons (Fsp3) is 0.333. The third-order valence-electron chi connectivity index (χ3n) is 3.06. The van der Waals surface area contributed by atoms with Crippen molar-refractivity contribution in [1.82, 2.24) is 4.98 Å². The van der Waals surface area contributed by atoms with Crippen LogP contribution in [0.25, 0.3) is 0 Å². The van der Waals surface area contributed by atoms with Crippen molar-refractivity contribution in [2.24, 2.45) is 0 Å². The zero-order valence-corrected chi connectivity index (χ0v) is 12.7. The van der Waals surface area contributed by atoms with Crippen LogP contribution in [0.3, 0.4) is 0 Å². The largest absolute Gasteiger partial charge is 0.388 e. The first kappa shape index (κ1) is 15.6. The van der Waals surface area contributed by atoms with Gasteiger partial charge in [0.2, 0.25) is 5.91 Å². The SMILES string of the molecule is CCN(C(=O)CC(O)c1cccc(F)c1)c1nc(C)cs1. The summed E-state index contributed by atoms with van der Waals surface area (Å²) in [5.41, 5.74) is 1.25. The Hall–Kier alpha value is -1.79. The quantitative estimate of drug-likeness (QED) is 0.923. The molecule has 4 nitrogen and oxygen atoms in total. The fourth-order valence-corrected chi connectivity index (χ4v) is 2.87. The van der Waals surface area contributed by atoms with E-state index in [1.165, 1.54) is 34.4 Å². The Labute approximate surface area is 126 Å². The topological polar surface area (TPSA) is 53.4 Å². The van der Waals surface area contributed by atoms with Crippen molar-refractivity contribution in [1.29, 1.82) is 0 Å². The molecule has 0 radical (unpaired) electrons. The number of hydrogen-bond acceptors (Lipinski definition) is 4. The molecule has 0 fully saturated rings. The van der Waals surface area contributed by atoms with Gasteiger partial charge in [-0.3, -0.25) is 9.69 Å². The van der Waals surface area contributed by atoms with Gasteiger partial charge in [0.1, 0.15) is 5.82 Å². The van der Waals surface area contributed by atoms with E-state index in [2.05, 4.69) is 4.98 Å². The van der Waals surface area contributed by atoms with Gasteiger partial charge in [0, 0.05) is 11.9 Å². The molecule has 1 aromatic heterocycles. The highest BCUT2D eigenvalue weighted by molar-refractivity contribution is 7.14. The molecule has 0 spiro atoms. The van der Waals surface area contributed by atoms with Gasteiger partial charge in [-0.15, -0.1) is 11.3 Å². The molecular weight excluding hydrogens is 291 g/mol. The van der Waals surface area contributed by atoms with Gasteiger partial charge in [-0.1, -0.05) is 12.1 Å². The number of nitrogens with zero attached hydrogens (tertiary/aromatic N) is 2. The summed E-state index contributed by atoms with van der Waals surface area (Å²) in [5, 5.41) is 12.6. The normalized spacial score (nSPS) is 12.2. The number of carbonyl (C=O) groups excluding carboxylic acids is 1. The summed E-state index contributed by atoms with van der Waals surface area (Å²) in [6.45, 7) is 4.19. The maximum absolute atomic E-state index is 13.1. The first-order valence-corrected chi connectivity index (χ1v) is 7.55. The van der Waals surface area contributed by atoms with Crippen LogP contribution in [0, 0.1) is 12.7 Å². The van der Waals surface area contributed by atoms with Crippen LogP contribution in [0.2, 0.25) is 0 Å². The molecule has 0 aliphatic heterocycles. The van der Waals surface area contributed by atoms with E-state index in [9.17, 15) is 14.3 Å². The summed E-state index contributed by atoms with van der Waals surface area (Å²) in [7, 11) is 0. The molecule has 1 heterocycles. The summed E-state index contributed by atoms with van der Waals surface area (Å²) in [4.78, 5) is 18.1. The predicted molar refractivity (Wildman–Crippen MR) is 80.9 cm³/mol. The zero-order chi connectivity index (χ0) is 15.4. The number of aromatic nitrogens is 1. The van der Waals surface area contributed by atoms with Crippen LogP contribution in [-0.2, 0) is 4.79 Å². The maximum Gasteiger partial charge on any atom is 0.231 e. The number of carbonyl (C=O) groups is 1. The number of halogens is 1. The summed E-state index contributed by atoms with van der Waals surface area (Å²) in [6, 6.07) is 5.65. The van der Waals surface area contributed by atoms with Crippen molar-refractivity contribution in [2.75, 3.05) is 11.4 Å². The molecule has 2 aromatic rings. The first-order valence-electron chi connectivity index (χ1n) is 6.67. The lowest BCUT2D eigenvalue weighted by Gasteiger charge is -2.19. The molecule has 112 valence electrons. The lowest BCUT2D eigenvalue weighted by molar-refractivity contribution is -0.120. The number of aliphatic hydroxyl groups is 1. The molecular formula is C15H17FN2O2S. The minimum atomic E-state index is -1.02. The van der Waals surface area contributed by atoms with Crippen LogP contribution in [0.15, 0.2) is 29.6 Å².